The van der Waals surface area contributed by atoms with Gasteiger partial charge < -0.3 is 24.2 Å². The molecule has 0 amide bonds. The fraction of sp³-hybridized carbons (Fsp3) is 0.333. The SMILES string of the molecule is Cc1c(O)ccc2oc3c(c(=O)c12)[C@](C)(Cc1cc(O)cc(=O)o1)C[C@@H](O)C3. The van der Waals surface area contributed by atoms with Gasteiger partial charge in [0.25, 0.3) is 0 Å². The molecule has 7 nitrogen and oxygen atoms in total. The molecule has 2 aromatic heterocycles. The van der Waals surface area contributed by atoms with Crippen LogP contribution in [0.3, 0.4) is 0 Å². The van der Waals surface area contributed by atoms with Crippen LogP contribution in [0.4, 0.5) is 0 Å². The maximum absolute atomic E-state index is 13.4. The summed E-state index contributed by atoms with van der Waals surface area (Å²) in [5, 5.41) is 30.4. The van der Waals surface area contributed by atoms with Crippen LogP contribution in [0.5, 0.6) is 11.5 Å². The molecule has 0 fully saturated rings. The van der Waals surface area contributed by atoms with Crippen molar-refractivity contribution in [1.82, 2.24) is 0 Å². The molecule has 4 rings (SSSR count). The molecule has 1 aliphatic carbocycles. The minimum absolute atomic E-state index is 0.00345. The number of aliphatic hydroxyl groups is 1. The minimum Gasteiger partial charge on any atom is -0.508 e. The zero-order chi connectivity index (χ0) is 20.2. The molecule has 146 valence electrons. The molecule has 7 heteroatoms. The predicted molar refractivity (Wildman–Crippen MR) is 101 cm³/mol. The molecule has 3 aromatic rings. The number of benzene rings is 1. The first-order valence-corrected chi connectivity index (χ1v) is 8.98. The Balaban J connectivity index is 1.96. The zero-order valence-electron chi connectivity index (χ0n) is 15.5. The molecule has 0 aliphatic heterocycles. The molecule has 0 saturated carbocycles. The monoisotopic (exact) mass is 384 g/mol. The summed E-state index contributed by atoms with van der Waals surface area (Å²) in [7, 11) is 0. The smallest absolute Gasteiger partial charge is 0.339 e. The van der Waals surface area contributed by atoms with Crippen LogP contribution < -0.4 is 11.1 Å². The van der Waals surface area contributed by atoms with Crippen LogP contribution in [0.1, 0.15) is 36.0 Å². The summed E-state index contributed by atoms with van der Waals surface area (Å²) in [5.41, 5.74) is -0.692. The first-order chi connectivity index (χ1) is 13.2. The lowest BCUT2D eigenvalue weighted by molar-refractivity contribution is 0.110. The van der Waals surface area contributed by atoms with Gasteiger partial charge in [-0.1, -0.05) is 6.92 Å². The van der Waals surface area contributed by atoms with Crippen LogP contribution in [-0.2, 0) is 18.3 Å². The number of aliphatic hydroxyl groups excluding tert-OH is 1. The van der Waals surface area contributed by atoms with E-state index in [1.807, 2.05) is 0 Å². The summed E-state index contributed by atoms with van der Waals surface area (Å²) in [6, 6.07) is 5.29. The van der Waals surface area contributed by atoms with Crippen LogP contribution >= 0.6 is 0 Å². The molecule has 0 spiro atoms. The lowest BCUT2D eigenvalue weighted by Gasteiger charge is -2.36. The summed E-state index contributed by atoms with van der Waals surface area (Å²) >= 11 is 0. The summed E-state index contributed by atoms with van der Waals surface area (Å²) in [5.74, 6) is 0.361. The van der Waals surface area contributed by atoms with Gasteiger partial charge in [0.05, 0.1) is 17.6 Å². The number of phenols is 1. The standard InChI is InChI=1S/C21H20O7/c1-10-14(24)3-4-15-18(10)20(26)19-16(28-15)6-12(23)8-21(19,2)9-13-5-11(22)7-17(25)27-13/h3-5,7,12,22-24H,6,8-9H2,1-2H3/t12-,21-/m0/s1. The maximum atomic E-state index is 13.4. The van der Waals surface area contributed by atoms with Gasteiger partial charge in [-0.3, -0.25) is 4.79 Å². The van der Waals surface area contributed by atoms with Gasteiger partial charge in [-0.25, -0.2) is 4.79 Å². The Hall–Kier alpha value is -3.06. The summed E-state index contributed by atoms with van der Waals surface area (Å²) in [6.07, 6.45) is -0.164. The van der Waals surface area contributed by atoms with Gasteiger partial charge >= 0.3 is 5.63 Å². The van der Waals surface area contributed by atoms with Crippen molar-refractivity contribution >= 4 is 11.0 Å². The molecule has 2 heterocycles. The van der Waals surface area contributed by atoms with Crippen LogP contribution in [0, 0.1) is 6.92 Å². The van der Waals surface area contributed by atoms with Crippen molar-refractivity contribution in [2.45, 2.75) is 44.6 Å². The van der Waals surface area contributed by atoms with Crippen molar-refractivity contribution in [1.29, 1.82) is 0 Å². The molecule has 0 radical (unpaired) electrons. The van der Waals surface area contributed by atoms with Crippen molar-refractivity contribution in [3.05, 3.63) is 67.6 Å². The average molecular weight is 384 g/mol. The maximum Gasteiger partial charge on any atom is 0.339 e. The summed E-state index contributed by atoms with van der Waals surface area (Å²) < 4.78 is 11.1. The Morgan fingerprint density at radius 1 is 1.18 bits per heavy atom. The summed E-state index contributed by atoms with van der Waals surface area (Å²) in [6.45, 7) is 3.43. The highest BCUT2D eigenvalue weighted by atomic mass is 16.4. The van der Waals surface area contributed by atoms with E-state index in [1.165, 1.54) is 18.2 Å². The zero-order valence-corrected chi connectivity index (χ0v) is 15.5. The van der Waals surface area contributed by atoms with Crippen LogP contribution in [-0.4, -0.2) is 21.4 Å². The fourth-order valence-corrected chi connectivity index (χ4v) is 4.29. The van der Waals surface area contributed by atoms with Crippen molar-refractivity contribution < 1.29 is 24.2 Å². The van der Waals surface area contributed by atoms with Crippen molar-refractivity contribution in [3.8, 4) is 11.5 Å². The third kappa shape index (κ3) is 2.88. The second-order valence-electron chi connectivity index (χ2n) is 7.71. The normalized spacial score (nSPS) is 21.6. The molecule has 0 saturated heterocycles. The average Bonchev–Trinajstić information content (AvgIpc) is 2.56. The first kappa shape index (κ1) is 18.3. The largest absolute Gasteiger partial charge is 0.508 e. The fourth-order valence-electron chi connectivity index (χ4n) is 4.29. The van der Waals surface area contributed by atoms with Crippen molar-refractivity contribution in [2.75, 3.05) is 0 Å². The molecule has 3 N–H and O–H groups in total. The number of hydrogen-bond acceptors (Lipinski definition) is 7. The highest BCUT2D eigenvalue weighted by Crippen LogP contribution is 2.40. The topological polar surface area (TPSA) is 121 Å². The van der Waals surface area contributed by atoms with E-state index in [0.29, 0.717) is 27.9 Å². The highest BCUT2D eigenvalue weighted by molar-refractivity contribution is 5.83. The lowest BCUT2D eigenvalue weighted by Crippen LogP contribution is -2.41. The van der Waals surface area contributed by atoms with E-state index in [1.54, 1.807) is 13.8 Å². The lowest BCUT2D eigenvalue weighted by atomic mass is 9.69. The number of phenolic OH excluding ortho intramolecular Hbond substituents is 1. The minimum atomic E-state index is -0.886. The molecule has 0 unspecified atom stereocenters. The van der Waals surface area contributed by atoms with Gasteiger partial charge in [-0.05, 0) is 25.5 Å². The van der Waals surface area contributed by atoms with Crippen LogP contribution in [0.25, 0.3) is 11.0 Å². The number of aromatic hydroxyl groups is 2. The number of aryl methyl sites for hydroxylation is 1. The van der Waals surface area contributed by atoms with E-state index in [2.05, 4.69) is 0 Å². The molecule has 2 atom stereocenters. The van der Waals surface area contributed by atoms with Gasteiger partial charge in [0.1, 0.15) is 28.6 Å². The Morgan fingerprint density at radius 3 is 2.64 bits per heavy atom. The van der Waals surface area contributed by atoms with Gasteiger partial charge in [0.2, 0.25) is 0 Å². The quantitative estimate of drug-likeness (QED) is 0.620. The van der Waals surface area contributed by atoms with Crippen molar-refractivity contribution in [2.24, 2.45) is 0 Å². The van der Waals surface area contributed by atoms with Crippen molar-refractivity contribution in [3.63, 3.8) is 0 Å². The number of fused-ring (bicyclic) bond motifs is 2. The second kappa shape index (κ2) is 6.24. The van der Waals surface area contributed by atoms with E-state index in [0.717, 1.165) is 6.07 Å². The second-order valence-corrected chi connectivity index (χ2v) is 7.71. The molecule has 1 aromatic carbocycles. The molecular formula is C21H20O7. The first-order valence-electron chi connectivity index (χ1n) is 8.98. The Kier molecular flexibility index (Phi) is 4.08. The van der Waals surface area contributed by atoms with E-state index in [4.69, 9.17) is 8.83 Å². The van der Waals surface area contributed by atoms with E-state index in [-0.39, 0.29) is 42.0 Å². The Morgan fingerprint density at radius 2 is 1.93 bits per heavy atom. The van der Waals surface area contributed by atoms with E-state index in [9.17, 15) is 24.9 Å². The summed E-state index contributed by atoms with van der Waals surface area (Å²) in [4.78, 5) is 25.0. The molecular weight excluding hydrogens is 364 g/mol. The molecule has 0 bridgehead atoms. The molecule has 28 heavy (non-hydrogen) atoms. The Labute approximate surface area is 159 Å². The Bertz CT molecular complexity index is 1200. The van der Waals surface area contributed by atoms with Gasteiger partial charge in [0.15, 0.2) is 5.43 Å². The highest BCUT2D eigenvalue weighted by Gasteiger charge is 2.41. The molecule has 1 aliphatic rings. The number of hydrogen-bond donors (Lipinski definition) is 3. The predicted octanol–water partition coefficient (Wildman–Crippen LogP) is 2.27. The third-order valence-electron chi connectivity index (χ3n) is 5.45. The van der Waals surface area contributed by atoms with Gasteiger partial charge in [-0.2, -0.15) is 0 Å². The van der Waals surface area contributed by atoms with E-state index < -0.39 is 17.1 Å². The van der Waals surface area contributed by atoms with E-state index >= 15 is 0 Å². The van der Waals surface area contributed by atoms with Gasteiger partial charge in [0, 0.05) is 35.4 Å². The third-order valence-corrected chi connectivity index (χ3v) is 5.45. The van der Waals surface area contributed by atoms with Crippen LogP contribution in [0.2, 0.25) is 0 Å². The van der Waals surface area contributed by atoms with Gasteiger partial charge in [-0.15, -0.1) is 0 Å². The van der Waals surface area contributed by atoms with Crippen LogP contribution in [0.15, 0.2) is 42.7 Å². The number of rotatable bonds is 2.